The summed E-state index contributed by atoms with van der Waals surface area (Å²) in [5.41, 5.74) is -0.245. The molecule has 1 aliphatic rings. The molecule has 0 bridgehead atoms. The first-order valence-electron chi connectivity index (χ1n) is 8.71. The van der Waals surface area contributed by atoms with E-state index < -0.39 is 23.7 Å². The average Bonchev–Trinajstić information content (AvgIpc) is 2.94. The number of nitrogens with one attached hydrogen (secondary N) is 3. The van der Waals surface area contributed by atoms with Crippen molar-refractivity contribution in [2.24, 2.45) is 0 Å². The lowest BCUT2D eigenvalue weighted by Gasteiger charge is -2.32. The molecule has 0 unspecified atom stereocenters. The topological polar surface area (TPSA) is 79.7 Å². The van der Waals surface area contributed by atoms with Gasteiger partial charge in [-0.05, 0) is 13.8 Å². The summed E-state index contributed by atoms with van der Waals surface area (Å²) in [4.78, 5) is 7.56. The van der Waals surface area contributed by atoms with Gasteiger partial charge in [-0.25, -0.2) is 13.8 Å². The highest BCUT2D eigenvalue weighted by Gasteiger charge is 2.44. The molecule has 2 aromatic rings. The summed E-state index contributed by atoms with van der Waals surface area (Å²) in [5.74, 6) is -3.37. The standard InChI is InChI=1S/C16H20F5N7/c1-3-23-13-10(16(19,20)21)6-24-14(27-13)26-11-7-25-28(9(11)2)12-8-22-5-4-15(12,17)18/h6-7,12,22H,3-5,8H2,1-2H3,(H2,23,24,26,27)/t12-/m0/s1. The van der Waals surface area contributed by atoms with Crippen LogP contribution in [0.25, 0.3) is 0 Å². The summed E-state index contributed by atoms with van der Waals surface area (Å²) in [7, 11) is 0. The molecule has 0 amide bonds. The summed E-state index contributed by atoms with van der Waals surface area (Å²) in [6.45, 7) is 3.76. The zero-order valence-corrected chi connectivity index (χ0v) is 15.2. The Hall–Kier alpha value is -2.50. The number of anilines is 3. The zero-order valence-electron chi connectivity index (χ0n) is 15.2. The predicted octanol–water partition coefficient (Wildman–Crippen LogP) is 3.35. The molecular weight excluding hydrogens is 385 g/mol. The summed E-state index contributed by atoms with van der Waals surface area (Å²) >= 11 is 0. The van der Waals surface area contributed by atoms with Crippen LogP contribution in [0.2, 0.25) is 0 Å². The van der Waals surface area contributed by atoms with Gasteiger partial charge in [0, 0.05) is 32.3 Å². The van der Waals surface area contributed by atoms with Crippen LogP contribution in [-0.2, 0) is 6.18 Å². The molecule has 3 rings (SSSR count). The van der Waals surface area contributed by atoms with Crippen LogP contribution < -0.4 is 16.0 Å². The van der Waals surface area contributed by atoms with Gasteiger partial charge in [0.25, 0.3) is 5.92 Å². The van der Waals surface area contributed by atoms with Gasteiger partial charge in [-0.3, -0.25) is 4.68 Å². The molecule has 0 spiro atoms. The molecule has 0 saturated carbocycles. The largest absolute Gasteiger partial charge is 0.421 e. The van der Waals surface area contributed by atoms with Gasteiger partial charge in [-0.2, -0.15) is 23.3 Å². The Kier molecular flexibility index (Phi) is 5.41. The van der Waals surface area contributed by atoms with Crippen molar-refractivity contribution >= 4 is 17.5 Å². The van der Waals surface area contributed by atoms with Crippen LogP contribution in [0.15, 0.2) is 12.4 Å². The van der Waals surface area contributed by atoms with Crippen LogP contribution in [0.4, 0.5) is 39.4 Å². The normalized spacial score (nSPS) is 19.5. The lowest BCUT2D eigenvalue weighted by Crippen LogP contribution is -2.46. The zero-order chi connectivity index (χ0) is 20.5. The van der Waals surface area contributed by atoms with Crippen molar-refractivity contribution < 1.29 is 22.0 Å². The van der Waals surface area contributed by atoms with Crippen LogP contribution in [0.1, 0.15) is 30.6 Å². The van der Waals surface area contributed by atoms with E-state index in [1.807, 2.05) is 0 Å². The highest BCUT2D eigenvalue weighted by molar-refractivity contribution is 5.58. The van der Waals surface area contributed by atoms with Gasteiger partial charge in [0.2, 0.25) is 5.95 Å². The number of alkyl halides is 5. The third kappa shape index (κ3) is 4.01. The molecule has 28 heavy (non-hydrogen) atoms. The van der Waals surface area contributed by atoms with E-state index in [4.69, 9.17) is 0 Å². The van der Waals surface area contributed by atoms with Crippen molar-refractivity contribution in [1.29, 1.82) is 0 Å². The van der Waals surface area contributed by atoms with E-state index in [0.717, 1.165) is 0 Å². The van der Waals surface area contributed by atoms with Crippen LogP contribution in [0.3, 0.4) is 0 Å². The van der Waals surface area contributed by atoms with Crippen LogP contribution >= 0.6 is 0 Å². The number of hydrogen-bond acceptors (Lipinski definition) is 6. The molecule has 1 atom stereocenters. The Balaban J connectivity index is 1.87. The minimum absolute atomic E-state index is 0.0658. The van der Waals surface area contributed by atoms with E-state index in [1.54, 1.807) is 13.8 Å². The van der Waals surface area contributed by atoms with E-state index >= 15 is 0 Å². The first-order chi connectivity index (χ1) is 13.1. The van der Waals surface area contributed by atoms with Gasteiger partial charge < -0.3 is 16.0 Å². The highest BCUT2D eigenvalue weighted by Crippen LogP contribution is 2.36. The summed E-state index contributed by atoms with van der Waals surface area (Å²) < 4.78 is 68.8. The van der Waals surface area contributed by atoms with E-state index in [1.165, 1.54) is 10.9 Å². The maximum absolute atomic E-state index is 14.2. The number of hydrogen-bond donors (Lipinski definition) is 3. The second-order valence-electron chi connectivity index (χ2n) is 6.43. The Morgan fingerprint density at radius 1 is 1.32 bits per heavy atom. The molecule has 2 aromatic heterocycles. The van der Waals surface area contributed by atoms with Gasteiger partial charge in [0.05, 0.1) is 17.6 Å². The fraction of sp³-hybridized carbons (Fsp3) is 0.562. The Morgan fingerprint density at radius 2 is 2.07 bits per heavy atom. The van der Waals surface area contributed by atoms with E-state index in [0.29, 0.717) is 17.6 Å². The molecule has 7 nitrogen and oxygen atoms in total. The fourth-order valence-electron chi connectivity index (χ4n) is 3.01. The number of nitrogens with zero attached hydrogens (tertiary/aromatic N) is 4. The molecule has 154 valence electrons. The molecule has 1 aliphatic heterocycles. The molecule has 0 aromatic carbocycles. The Labute approximate surface area is 157 Å². The van der Waals surface area contributed by atoms with E-state index in [9.17, 15) is 22.0 Å². The van der Waals surface area contributed by atoms with Crippen molar-refractivity contribution in [1.82, 2.24) is 25.1 Å². The molecular formula is C16H20F5N7. The van der Waals surface area contributed by atoms with Crippen molar-refractivity contribution in [3.8, 4) is 0 Å². The smallest absolute Gasteiger partial charge is 0.370 e. The number of halogens is 5. The lowest BCUT2D eigenvalue weighted by molar-refractivity contribution is -0.137. The van der Waals surface area contributed by atoms with E-state index in [2.05, 4.69) is 31.0 Å². The van der Waals surface area contributed by atoms with Gasteiger partial charge >= 0.3 is 6.18 Å². The molecule has 0 radical (unpaired) electrons. The summed E-state index contributed by atoms with van der Waals surface area (Å²) in [5, 5.41) is 12.3. The summed E-state index contributed by atoms with van der Waals surface area (Å²) in [6.07, 6.45) is -2.90. The highest BCUT2D eigenvalue weighted by atomic mass is 19.4. The average molecular weight is 405 g/mol. The second kappa shape index (κ2) is 7.49. The lowest BCUT2D eigenvalue weighted by atomic mass is 10.0. The van der Waals surface area contributed by atoms with Crippen molar-refractivity contribution in [2.75, 3.05) is 30.3 Å². The van der Waals surface area contributed by atoms with Gasteiger partial charge in [0.1, 0.15) is 17.4 Å². The maximum Gasteiger partial charge on any atom is 0.421 e. The minimum Gasteiger partial charge on any atom is -0.370 e. The predicted molar refractivity (Wildman–Crippen MR) is 92.9 cm³/mol. The number of piperidine rings is 1. The van der Waals surface area contributed by atoms with Crippen molar-refractivity contribution in [2.45, 2.75) is 38.4 Å². The quantitative estimate of drug-likeness (QED) is 0.663. The third-order valence-electron chi connectivity index (χ3n) is 4.49. The van der Waals surface area contributed by atoms with Gasteiger partial charge in [0.15, 0.2) is 0 Å². The monoisotopic (exact) mass is 405 g/mol. The fourth-order valence-corrected chi connectivity index (χ4v) is 3.01. The van der Waals surface area contributed by atoms with Crippen molar-refractivity contribution in [3.05, 3.63) is 23.7 Å². The third-order valence-corrected chi connectivity index (χ3v) is 4.49. The van der Waals surface area contributed by atoms with Gasteiger partial charge in [-0.1, -0.05) is 0 Å². The first-order valence-corrected chi connectivity index (χ1v) is 8.71. The molecule has 12 heteroatoms. The SMILES string of the molecule is CCNc1nc(Nc2cnn([C@H]3CNCCC3(F)F)c2C)ncc1C(F)(F)F. The number of aromatic nitrogens is 4. The molecule has 1 saturated heterocycles. The second-order valence-corrected chi connectivity index (χ2v) is 6.43. The van der Waals surface area contributed by atoms with E-state index in [-0.39, 0.29) is 37.8 Å². The maximum atomic E-state index is 14.2. The number of rotatable bonds is 5. The Morgan fingerprint density at radius 3 is 2.71 bits per heavy atom. The van der Waals surface area contributed by atoms with Crippen LogP contribution in [0.5, 0.6) is 0 Å². The molecule has 1 fully saturated rings. The molecule has 3 N–H and O–H groups in total. The molecule has 0 aliphatic carbocycles. The van der Waals surface area contributed by atoms with Crippen LogP contribution in [0, 0.1) is 6.92 Å². The van der Waals surface area contributed by atoms with Gasteiger partial charge in [-0.15, -0.1) is 0 Å². The minimum atomic E-state index is -4.60. The Bertz CT molecular complexity index is 833. The first kappa shape index (κ1) is 20.2. The van der Waals surface area contributed by atoms with Crippen molar-refractivity contribution in [3.63, 3.8) is 0 Å². The summed E-state index contributed by atoms with van der Waals surface area (Å²) in [6, 6.07) is -1.15. The molecule has 3 heterocycles. The van der Waals surface area contributed by atoms with Crippen LogP contribution in [-0.4, -0.2) is 45.3 Å².